The van der Waals surface area contributed by atoms with Gasteiger partial charge in [0.15, 0.2) is 0 Å². The molecule has 2 rings (SSSR count). The van der Waals surface area contributed by atoms with Gasteiger partial charge in [-0.15, -0.1) is 0 Å². The van der Waals surface area contributed by atoms with Crippen molar-refractivity contribution >= 4 is 10.0 Å². The standard InChI is InChI=1S/C14H25N3O2S/c1-11(2)4-3-7-17-20(18,19)14-8-13(16-10-14)9-15-12-5-6-12/h8,10-12,15-17H,3-7,9H2,1-2H3. The lowest BCUT2D eigenvalue weighted by Gasteiger charge is -2.06. The molecule has 1 saturated carbocycles. The summed E-state index contributed by atoms with van der Waals surface area (Å²) in [6.45, 7) is 5.48. The third-order valence-corrected chi connectivity index (χ3v) is 4.88. The van der Waals surface area contributed by atoms with Crippen molar-refractivity contribution in [2.24, 2.45) is 5.92 Å². The van der Waals surface area contributed by atoms with Crippen LogP contribution >= 0.6 is 0 Å². The maximum atomic E-state index is 12.1. The van der Waals surface area contributed by atoms with Gasteiger partial charge in [-0.2, -0.15) is 0 Å². The van der Waals surface area contributed by atoms with Gasteiger partial charge in [0, 0.05) is 31.0 Å². The number of H-pyrrole nitrogens is 1. The summed E-state index contributed by atoms with van der Waals surface area (Å²) >= 11 is 0. The lowest BCUT2D eigenvalue weighted by molar-refractivity contribution is 0.540. The Morgan fingerprint density at radius 3 is 2.80 bits per heavy atom. The van der Waals surface area contributed by atoms with E-state index in [0.717, 1.165) is 18.5 Å². The van der Waals surface area contributed by atoms with Crippen LogP contribution in [-0.4, -0.2) is 26.0 Å². The number of hydrogen-bond donors (Lipinski definition) is 3. The third kappa shape index (κ3) is 4.92. The Morgan fingerprint density at radius 2 is 2.15 bits per heavy atom. The van der Waals surface area contributed by atoms with Crippen LogP contribution in [0.2, 0.25) is 0 Å². The summed E-state index contributed by atoms with van der Waals surface area (Å²) in [5, 5.41) is 3.36. The van der Waals surface area contributed by atoms with Crippen molar-refractivity contribution in [1.29, 1.82) is 0 Å². The van der Waals surface area contributed by atoms with Gasteiger partial charge in [0.25, 0.3) is 0 Å². The zero-order valence-electron chi connectivity index (χ0n) is 12.3. The first-order chi connectivity index (χ1) is 9.47. The minimum atomic E-state index is -3.37. The summed E-state index contributed by atoms with van der Waals surface area (Å²) in [5.41, 5.74) is 0.916. The summed E-state index contributed by atoms with van der Waals surface area (Å²) < 4.78 is 26.8. The highest BCUT2D eigenvalue weighted by molar-refractivity contribution is 7.89. The molecule has 0 spiro atoms. The van der Waals surface area contributed by atoms with Gasteiger partial charge in [-0.1, -0.05) is 13.8 Å². The largest absolute Gasteiger partial charge is 0.363 e. The van der Waals surface area contributed by atoms with Crippen molar-refractivity contribution < 1.29 is 8.42 Å². The molecule has 0 unspecified atom stereocenters. The summed E-state index contributed by atoms with van der Waals surface area (Å²) in [7, 11) is -3.37. The van der Waals surface area contributed by atoms with Gasteiger partial charge >= 0.3 is 0 Å². The van der Waals surface area contributed by atoms with Gasteiger partial charge in [0.05, 0.1) is 4.90 Å². The average Bonchev–Trinajstić information content (AvgIpc) is 3.08. The van der Waals surface area contributed by atoms with Gasteiger partial charge in [0.2, 0.25) is 10.0 Å². The first kappa shape index (κ1) is 15.5. The topological polar surface area (TPSA) is 74.0 Å². The summed E-state index contributed by atoms with van der Waals surface area (Å²) in [6, 6.07) is 2.33. The first-order valence-electron chi connectivity index (χ1n) is 7.38. The molecule has 0 atom stereocenters. The van der Waals surface area contributed by atoms with Crippen molar-refractivity contribution in [1.82, 2.24) is 15.0 Å². The number of hydrogen-bond acceptors (Lipinski definition) is 3. The van der Waals surface area contributed by atoms with Gasteiger partial charge in [-0.05, 0) is 37.7 Å². The molecule has 1 aliphatic rings. The van der Waals surface area contributed by atoms with Crippen LogP contribution in [0.1, 0.15) is 45.2 Å². The molecule has 20 heavy (non-hydrogen) atoms. The van der Waals surface area contributed by atoms with Crippen molar-refractivity contribution in [3.8, 4) is 0 Å². The Balaban J connectivity index is 1.81. The van der Waals surface area contributed by atoms with E-state index in [1.54, 1.807) is 12.3 Å². The fourth-order valence-electron chi connectivity index (χ4n) is 2.02. The van der Waals surface area contributed by atoms with Crippen LogP contribution in [-0.2, 0) is 16.6 Å². The molecule has 6 heteroatoms. The number of nitrogens with one attached hydrogen (secondary N) is 3. The number of aromatic amines is 1. The van der Waals surface area contributed by atoms with Crippen LogP contribution in [0.15, 0.2) is 17.2 Å². The predicted octanol–water partition coefficient (Wildman–Crippen LogP) is 1.98. The highest BCUT2D eigenvalue weighted by Gasteiger charge is 2.21. The van der Waals surface area contributed by atoms with Crippen molar-refractivity contribution in [3.63, 3.8) is 0 Å². The molecule has 0 amide bonds. The molecular weight excluding hydrogens is 274 g/mol. The molecule has 1 aromatic heterocycles. The molecule has 0 saturated heterocycles. The Kier molecular flexibility index (Phi) is 5.23. The molecule has 0 radical (unpaired) electrons. The second-order valence-corrected chi connectivity index (χ2v) is 7.72. The van der Waals surface area contributed by atoms with E-state index in [9.17, 15) is 8.42 Å². The fraction of sp³-hybridized carbons (Fsp3) is 0.714. The Hall–Kier alpha value is -0.850. The quantitative estimate of drug-likeness (QED) is 0.610. The molecular formula is C14H25N3O2S. The van der Waals surface area contributed by atoms with Gasteiger partial charge in [0.1, 0.15) is 0 Å². The van der Waals surface area contributed by atoms with E-state index in [4.69, 9.17) is 0 Å². The lowest BCUT2D eigenvalue weighted by atomic mass is 10.1. The number of rotatable bonds is 9. The minimum Gasteiger partial charge on any atom is -0.363 e. The molecule has 1 fully saturated rings. The van der Waals surface area contributed by atoms with Crippen molar-refractivity contribution in [2.45, 2.75) is 57.0 Å². The van der Waals surface area contributed by atoms with Crippen LogP contribution < -0.4 is 10.0 Å². The molecule has 5 nitrogen and oxygen atoms in total. The van der Waals surface area contributed by atoms with Crippen LogP contribution in [0.3, 0.4) is 0 Å². The van der Waals surface area contributed by atoms with E-state index >= 15 is 0 Å². The normalized spacial score (nSPS) is 15.9. The monoisotopic (exact) mass is 299 g/mol. The molecule has 1 aliphatic carbocycles. The molecule has 0 bridgehead atoms. The molecule has 1 aromatic rings. The first-order valence-corrected chi connectivity index (χ1v) is 8.86. The highest BCUT2D eigenvalue weighted by atomic mass is 32.2. The van der Waals surface area contributed by atoms with Crippen molar-refractivity contribution in [2.75, 3.05) is 6.54 Å². The zero-order valence-corrected chi connectivity index (χ0v) is 13.1. The Labute approximate surface area is 121 Å². The second-order valence-electron chi connectivity index (χ2n) is 5.95. The van der Waals surface area contributed by atoms with Crippen LogP contribution in [0.4, 0.5) is 0 Å². The lowest BCUT2D eigenvalue weighted by Crippen LogP contribution is -2.24. The molecule has 0 aliphatic heterocycles. The SMILES string of the molecule is CC(C)CCCNS(=O)(=O)c1c[nH]c(CNC2CC2)c1. The zero-order chi connectivity index (χ0) is 14.6. The Morgan fingerprint density at radius 1 is 1.40 bits per heavy atom. The average molecular weight is 299 g/mol. The summed E-state index contributed by atoms with van der Waals surface area (Å²) in [6.07, 6.45) is 5.92. The molecule has 3 N–H and O–H groups in total. The highest BCUT2D eigenvalue weighted by Crippen LogP contribution is 2.19. The molecule has 1 heterocycles. The van der Waals surface area contributed by atoms with Gasteiger partial charge < -0.3 is 10.3 Å². The van der Waals surface area contributed by atoms with E-state index in [-0.39, 0.29) is 0 Å². The van der Waals surface area contributed by atoms with Crippen LogP contribution in [0.5, 0.6) is 0 Å². The minimum absolute atomic E-state index is 0.328. The fourth-order valence-corrected chi connectivity index (χ4v) is 3.11. The van der Waals surface area contributed by atoms with E-state index in [1.807, 2.05) is 0 Å². The van der Waals surface area contributed by atoms with E-state index in [2.05, 4.69) is 28.9 Å². The molecule has 114 valence electrons. The Bertz CT molecular complexity index is 518. The van der Waals surface area contributed by atoms with E-state index in [1.165, 1.54) is 12.8 Å². The van der Waals surface area contributed by atoms with Gasteiger partial charge in [-0.3, -0.25) is 0 Å². The maximum absolute atomic E-state index is 12.1. The summed E-state index contributed by atoms with van der Waals surface area (Å²) in [5.74, 6) is 0.604. The van der Waals surface area contributed by atoms with E-state index in [0.29, 0.717) is 29.9 Å². The van der Waals surface area contributed by atoms with Crippen molar-refractivity contribution in [3.05, 3.63) is 18.0 Å². The predicted molar refractivity (Wildman–Crippen MR) is 79.9 cm³/mol. The second kappa shape index (κ2) is 6.74. The number of aromatic nitrogens is 1. The third-order valence-electron chi connectivity index (χ3n) is 3.44. The smallest absolute Gasteiger partial charge is 0.242 e. The summed E-state index contributed by atoms with van der Waals surface area (Å²) in [4.78, 5) is 3.35. The molecule has 0 aromatic carbocycles. The number of sulfonamides is 1. The van der Waals surface area contributed by atoms with Crippen LogP contribution in [0, 0.1) is 5.92 Å². The van der Waals surface area contributed by atoms with Crippen LogP contribution in [0.25, 0.3) is 0 Å². The van der Waals surface area contributed by atoms with Gasteiger partial charge in [-0.25, -0.2) is 13.1 Å². The van der Waals surface area contributed by atoms with E-state index < -0.39 is 10.0 Å². The maximum Gasteiger partial charge on any atom is 0.242 e.